The van der Waals surface area contributed by atoms with Crippen LogP contribution in [-0.2, 0) is 4.74 Å². The molecule has 16 heavy (non-hydrogen) atoms. The van der Waals surface area contributed by atoms with Gasteiger partial charge >= 0.3 is 0 Å². The smallest absolute Gasteiger partial charge is 0.224 e. The lowest BCUT2D eigenvalue weighted by atomic mass is 10.2. The number of aryl methyl sites for hydroxylation is 1. The normalized spacial score (nSPS) is 20.9. The van der Waals surface area contributed by atoms with Gasteiger partial charge in [0.25, 0.3) is 0 Å². The third-order valence-electron chi connectivity index (χ3n) is 2.71. The largest absolute Gasteiger partial charge is 0.375 e. The second kappa shape index (κ2) is 4.65. The average molecular weight is 222 g/mol. The first kappa shape index (κ1) is 11.1. The van der Waals surface area contributed by atoms with E-state index >= 15 is 0 Å². The van der Waals surface area contributed by atoms with Crippen molar-refractivity contribution in [3.63, 3.8) is 0 Å². The summed E-state index contributed by atoms with van der Waals surface area (Å²) < 4.78 is 5.53. The van der Waals surface area contributed by atoms with E-state index in [1.807, 2.05) is 20.2 Å². The molecule has 1 aromatic heterocycles. The first-order valence-corrected chi connectivity index (χ1v) is 5.58. The van der Waals surface area contributed by atoms with Crippen LogP contribution in [0.1, 0.15) is 12.5 Å². The Kier molecular flexibility index (Phi) is 3.24. The van der Waals surface area contributed by atoms with Crippen LogP contribution in [0.5, 0.6) is 0 Å². The van der Waals surface area contributed by atoms with Crippen LogP contribution in [-0.4, -0.2) is 42.8 Å². The molecule has 88 valence electrons. The number of ether oxygens (including phenoxy) is 1. The van der Waals surface area contributed by atoms with E-state index < -0.39 is 0 Å². The lowest BCUT2D eigenvalue weighted by molar-refractivity contribution is 0.0529. The molecule has 1 atom stereocenters. The topological polar surface area (TPSA) is 50.3 Å². The van der Waals surface area contributed by atoms with Crippen molar-refractivity contribution < 1.29 is 4.74 Å². The van der Waals surface area contributed by atoms with Crippen molar-refractivity contribution in [1.82, 2.24) is 9.97 Å². The fourth-order valence-electron chi connectivity index (χ4n) is 1.88. The maximum absolute atomic E-state index is 5.53. The van der Waals surface area contributed by atoms with Gasteiger partial charge < -0.3 is 15.0 Å². The third kappa shape index (κ3) is 2.24. The molecule has 1 fully saturated rings. The fraction of sp³-hybridized carbons (Fsp3) is 0.636. The van der Waals surface area contributed by atoms with E-state index in [0.717, 1.165) is 31.1 Å². The van der Waals surface area contributed by atoms with E-state index in [0.29, 0.717) is 5.95 Å². The maximum atomic E-state index is 5.53. The van der Waals surface area contributed by atoms with Crippen LogP contribution in [0.4, 0.5) is 11.8 Å². The lowest BCUT2D eigenvalue weighted by Crippen LogP contribution is -2.42. The van der Waals surface area contributed by atoms with Crippen molar-refractivity contribution in [2.75, 3.05) is 37.0 Å². The van der Waals surface area contributed by atoms with Gasteiger partial charge in [0.15, 0.2) is 0 Å². The number of nitrogens with zero attached hydrogens (tertiary/aromatic N) is 3. The van der Waals surface area contributed by atoms with Gasteiger partial charge in [-0.05, 0) is 13.8 Å². The Morgan fingerprint density at radius 3 is 3.06 bits per heavy atom. The zero-order valence-electron chi connectivity index (χ0n) is 10.0. The average Bonchev–Trinajstić information content (AvgIpc) is 2.30. The van der Waals surface area contributed by atoms with E-state index in [9.17, 15) is 0 Å². The van der Waals surface area contributed by atoms with Crippen LogP contribution < -0.4 is 10.2 Å². The fourth-order valence-corrected chi connectivity index (χ4v) is 1.88. The van der Waals surface area contributed by atoms with Gasteiger partial charge in [-0.3, -0.25) is 0 Å². The molecule has 1 N–H and O–H groups in total. The number of aromatic nitrogens is 2. The van der Waals surface area contributed by atoms with E-state index in [-0.39, 0.29) is 6.10 Å². The molecule has 2 heterocycles. The number of morpholine rings is 1. The molecule has 0 saturated carbocycles. The minimum atomic E-state index is 0.265. The number of hydrogen-bond donors (Lipinski definition) is 1. The van der Waals surface area contributed by atoms with E-state index in [4.69, 9.17) is 4.74 Å². The van der Waals surface area contributed by atoms with Crippen LogP contribution >= 0.6 is 0 Å². The second-order valence-corrected chi connectivity index (χ2v) is 4.08. The molecule has 0 aliphatic carbocycles. The van der Waals surface area contributed by atoms with E-state index in [1.54, 1.807) is 0 Å². The first-order chi connectivity index (χ1) is 7.70. The van der Waals surface area contributed by atoms with Crippen molar-refractivity contribution in [2.45, 2.75) is 20.0 Å². The van der Waals surface area contributed by atoms with Crippen LogP contribution in [0.25, 0.3) is 0 Å². The molecule has 2 rings (SSSR count). The Balaban J connectivity index is 2.24. The highest BCUT2D eigenvalue weighted by atomic mass is 16.5. The number of hydrogen-bond acceptors (Lipinski definition) is 5. The van der Waals surface area contributed by atoms with Gasteiger partial charge in [0.2, 0.25) is 5.95 Å². The summed E-state index contributed by atoms with van der Waals surface area (Å²) in [6, 6.07) is 0. The summed E-state index contributed by atoms with van der Waals surface area (Å²) in [5, 5.41) is 2.96. The summed E-state index contributed by atoms with van der Waals surface area (Å²) in [7, 11) is 1.83. The summed E-state index contributed by atoms with van der Waals surface area (Å²) in [4.78, 5) is 10.9. The highest BCUT2D eigenvalue weighted by Gasteiger charge is 2.19. The first-order valence-electron chi connectivity index (χ1n) is 5.58. The Hall–Kier alpha value is -1.36. The Morgan fingerprint density at radius 2 is 2.38 bits per heavy atom. The molecule has 0 aromatic carbocycles. The molecule has 1 aromatic rings. The number of rotatable bonds is 2. The Morgan fingerprint density at radius 1 is 1.56 bits per heavy atom. The van der Waals surface area contributed by atoms with Gasteiger partial charge in [-0.25, -0.2) is 4.98 Å². The Bertz CT molecular complexity index is 369. The van der Waals surface area contributed by atoms with Crippen LogP contribution in [0.15, 0.2) is 6.20 Å². The SMILES string of the molecule is CNc1ncc(C)c(N2CCOC(C)C2)n1. The van der Waals surface area contributed by atoms with Gasteiger partial charge in [0, 0.05) is 31.9 Å². The quantitative estimate of drug-likeness (QED) is 0.810. The van der Waals surface area contributed by atoms with Crippen molar-refractivity contribution in [1.29, 1.82) is 0 Å². The zero-order valence-corrected chi connectivity index (χ0v) is 10.0. The van der Waals surface area contributed by atoms with Crippen LogP contribution in [0.3, 0.4) is 0 Å². The molecule has 1 aliphatic rings. The van der Waals surface area contributed by atoms with Gasteiger partial charge in [0.05, 0.1) is 12.7 Å². The van der Waals surface area contributed by atoms with Crippen molar-refractivity contribution in [3.05, 3.63) is 11.8 Å². The monoisotopic (exact) mass is 222 g/mol. The molecule has 0 amide bonds. The molecule has 5 heteroatoms. The summed E-state index contributed by atoms with van der Waals surface area (Å²) >= 11 is 0. The minimum Gasteiger partial charge on any atom is -0.375 e. The van der Waals surface area contributed by atoms with Gasteiger partial charge in [-0.2, -0.15) is 4.98 Å². The van der Waals surface area contributed by atoms with E-state index in [2.05, 4.69) is 27.1 Å². The molecule has 1 aliphatic heterocycles. The van der Waals surface area contributed by atoms with Crippen LogP contribution in [0.2, 0.25) is 0 Å². The molecule has 1 unspecified atom stereocenters. The number of nitrogens with one attached hydrogen (secondary N) is 1. The molecule has 1 saturated heterocycles. The zero-order chi connectivity index (χ0) is 11.5. The van der Waals surface area contributed by atoms with Crippen molar-refractivity contribution in [3.8, 4) is 0 Å². The molecule has 0 bridgehead atoms. The summed E-state index contributed by atoms with van der Waals surface area (Å²) in [5.41, 5.74) is 1.10. The highest BCUT2D eigenvalue weighted by molar-refractivity contribution is 5.49. The molecule has 5 nitrogen and oxygen atoms in total. The van der Waals surface area contributed by atoms with Gasteiger partial charge in [-0.1, -0.05) is 0 Å². The van der Waals surface area contributed by atoms with Crippen LogP contribution in [0, 0.1) is 6.92 Å². The highest BCUT2D eigenvalue weighted by Crippen LogP contribution is 2.20. The van der Waals surface area contributed by atoms with Gasteiger partial charge in [-0.15, -0.1) is 0 Å². The standard InChI is InChI=1S/C11H18N4O/c1-8-6-13-11(12-3)14-10(8)15-4-5-16-9(2)7-15/h6,9H,4-5,7H2,1-3H3,(H,12,13,14). The third-order valence-corrected chi connectivity index (χ3v) is 2.71. The minimum absolute atomic E-state index is 0.265. The summed E-state index contributed by atoms with van der Waals surface area (Å²) in [6.07, 6.45) is 2.12. The van der Waals surface area contributed by atoms with Crippen molar-refractivity contribution >= 4 is 11.8 Å². The van der Waals surface area contributed by atoms with Crippen molar-refractivity contribution in [2.24, 2.45) is 0 Å². The van der Waals surface area contributed by atoms with Gasteiger partial charge in [0.1, 0.15) is 5.82 Å². The molecular weight excluding hydrogens is 204 g/mol. The summed E-state index contributed by atoms with van der Waals surface area (Å²) in [5.74, 6) is 1.68. The second-order valence-electron chi connectivity index (χ2n) is 4.08. The maximum Gasteiger partial charge on any atom is 0.224 e. The van der Waals surface area contributed by atoms with E-state index in [1.165, 1.54) is 0 Å². The number of anilines is 2. The lowest BCUT2D eigenvalue weighted by Gasteiger charge is -2.32. The Labute approximate surface area is 95.8 Å². The summed E-state index contributed by atoms with van der Waals surface area (Å²) in [6.45, 7) is 6.67. The molecule has 0 spiro atoms. The molecular formula is C11H18N4O. The predicted octanol–water partition coefficient (Wildman–Crippen LogP) is 1.05. The predicted molar refractivity (Wildman–Crippen MR) is 63.9 cm³/mol. The molecule has 0 radical (unpaired) electrons.